The lowest BCUT2D eigenvalue weighted by Crippen LogP contribution is -2.02. The minimum absolute atomic E-state index is 0.221. The summed E-state index contributed by atoms with van der Waals surface area (Å²) >= 11 is 0. The fourth-order valence-electron chi connectivity index (χ4n) is 2.92. The van der Waals surface area contributed by atoms with Crippen LogP contribution in [0.4, 0.5) is 0 Å². The molecule has 0 amide bonds. The van der Waals surface area contributed by atoms with Crippen molar-refractivity contribution < 1.29 is 23.4 Å². The molecule has 4 aromatic rings. The van der Waals surface area contributed by atoms with Gasteiger partial charge in [-0.1, -0.05) is 84.9 Å². The number of ether oxygens (including phenoxy) is 1. The first kappa shape index (κ1) is 23.1. The highest BCUT2D eigenvalue weighted by Crippen LogP contribution is 2.32. The van der Waals surface area contributed by atoms with Crippen LogP contribution < -0.4 is 0 Å². The summed E-state index contributed by atoms with van der Waals surface area (Å²) in [6.45, 7) is 1.35. The van der Waals surface area contributed by atoms with E-state index >= 15 is 0 Å². The van der Waals surface area contributed by atoms with Crippen molar-refractivity contribution >= 4 is 9.84 Å². The van der Waals surface area contributed by atoms with Crippen molar-refractivity contribution in [1.82, 2.24) is 0 Å². The minimum atomic E-state index is -3.90. The Hall–Kier alpha value is -3.61. The molecule has 0 saturated carbocycles. The van der Waals surface area contributed by atoms with Gasteiger partial charge in [-0.3, -0.25) is 0 Å². The maximum atomic E-state index is 12.2. The second-order valence-corrected chi connectivity index (χ2v) is 8.79. The number of hydrogen-bond donors (Lipinski definition) is 2. The van der Waals surface area contributed by atoms with Gasteiger partial charge in [0.1, 0.15) is 21.3 Å². The van der Waals surface area contributed by atoms with Crippen LogP contribution in [0.1, 0.15) is 11.1 Å². The highest BCUT2D eigenvalue weighted by Gasteiger charge is 2.23. The molecule has 0 heterocycles. The zero-order valence-corrected chi connectivity index (χ0v) is 18.2. The third kappa shape index (κ3) is 6.20. The first-order valence-corrected chi connectivity index (χ1v) is 11.4. The van der Waals surface area contributed by atoms with E-state index in [4.69, 9.17) is 4.74 Å². The Labute approximate surface area is 188 Å². The Morgan fingerprint density at radius 2 is 0.875 bits per heavy atom. The summed E-state index contributed by atoms with van der Waals surface area (Å²) in [5.41, 5.74) is 2.43. The summed E-state index contributed by atoms with van der Waals surface area (Å²) in [7, 11) is -3.90. The van der Waals surface area contributed by atoms with Crippen LogP contribution in [-0.2, 0) is 27.8 Å². The second-order valence-electron chi connectivity index (χ2n) is 6.90. The molecular weight excluding hydrogens is 424 g/mol. The monoisotopic (exact) mass is 448 g/mol. The summed E-state index contributed by atoms with van der Waals surface area (Å²) in [4.78, 5) is -0.442. The van der Waals surface area contributed by atoms with Gasteiger partial charge in [0.2, 0.25) is 9.84 Å². The second kappa shape index (κ2) is 11.1. The Morgan fingerprint density at radius 3 is 1.25 bits per heavy atom. The van der Waals surface area contributed by atoms with Crippen LogP contribution in [0.2, 0.25) is 0 Å². The fourth-order valence-corrected chi connectivity index (χ4v) is 4.36. The topological polar surface area (TPSA) is 83.8 Å². The van der Waals surface area contributed by atoms with Gasteiger partial charge in [-0.2, -0.15) is 0 Å². The predicted molar refractivity (Wildman–Crippen MR) is 123 cm³/mol. The molecule has 0 aliphatic heterocycles. The van der Waals surface area contributed by atoms with Crippen LogP contribution in [0.25, 0.3) is 0 Å². The van der Waals surface area contributed by atoms with Crippen molar-refractivity contribution in [2.24, 2.45) is 0 Å². The molecular formula is C26H24O5S. The van der Waals surface area contributed by atoms with E-state index in [1.54, 1.807) is 0 Å². The van der Waals surface area contributed by atoms with Gasteiger partial charge in [-0.05, 0) is 35.4 Å². The van der Waals surface area contributed by atoms with Crippen LogP contribution in [0.3, 0.4) is 0 Å². The standard InChI is InChI=1S/C14H14O.C12H10O4S/c1-3-7-13(8-4-1)11-15-12-14-9-5-2-6-10-14;13-9-5-1-3-7-11(9)17(15,16)12-8-4-2-6-10(12)14/h1-10H,11-12H2;1-8,13-14H. The molecule has 32 heavy (non-hydrogen) atoms. The van der Waals surface area contributed by atoms with E-state index in [2.05, 4.69) is 24.3 Å². The van der Waals surface area contributed by atoms with Crippen molar-refractivity contribution in [3.05, 3.63) is 120 Å². The lowest BCUT2D eigenvalue weighted by molar-refractivity contribution is 0.107. The molecule has 0 unspecified atom stereocenters. The smallest absolute Gasteiger partial charge is 0.213 e. The number of aromatic hydroxyl groups is 2. The molecule has 0 spiro atoms. The van der Waals surface area contributed by atoms with E-state index in [0.717, 1.165) is 0 Å². The third-order valence-corrected chi connectivity index (χ3v) is 6.38. The van der Waals surface area contributed by atoms with Crippen molar-refractivity contribution in [3.8, 4) is 11.5 Å². The Balaban J connectivity index is 0.000000182. The predicted octanol–water partition coefficient (Wildman–Crippen LogP) is 5.33. The molecule has 164 valence electrons. The quantitative estimate of drug-likeness (QED) is 0.416. The molecule has 4 rings (SSSR count). The van der Waals surface area contributed by atoms with Crippen LogP contribution in [0.5, 0.6) is 11.5 Å². The molecule has 0 radical (unpaired) electrons. The SMILES string of the molecule is O=S(=O)(c1ccccc1O)c1ccccc1O.c1ccc(COCc2ccccc2)cc1. The average Bonchev–Trinajstić information content (AvgIpc) is 2.81. The summed E-state index contributed by atoms with van der Waals surface area (Å²) in [6.07, 6.45) is 0. The van der Waals surface area contributed by atoms with Gasteiger partial charge >= 0.3 is 0 Å². The molecule has 0 aliphatic rings. The van der Waals surface area contributed by atoms with Crippen molar-refractivity contribution in [3.63, 3.8) is 0 Å². The first-order chi connectivity index (χ1) is 15.5. The lowest BCUT2D eigenvalue weighted by atomic mass is 10.2. The van der Waals surface area contributed by atoms with Crippen LogP contribution in [-0.4, -0.2) is 18.6 Å². The highest BCUT2D eigenvalue weighted by atomic mass is 32.2. The van der Waals surface area contributed by atoms with Crippen LogP contribution in [0, 0.1) is 0 Å². The van der Waals surface area contributed by atoms with Crippen LogP contribution >= 0.6 is 0 Å². The van der Waals surface area contributed by atoms with Crippen LogP contribution in [0.15, 0.2) is 119 Å². The summed E-state index contributed by atoms with van der Waals surface area (Å²) in [5.74, 6) is -0.675. The zero-order valence-electron chi connectivity index (χ0n) is 17.3. The Morgan fingerprint density at radius 1 is 0.531 bits per heavy atom. The van der Waals surface area contributed by atoms with Gasteiger partial charge in [0.05, 0.1) is 13.2 Å². The number of benzene rings is 4. The number of rotatable bonds is 6. The van der Waals surface area contributed by atoms with E-state index < -0.39 is 9.84 Å². The molecule has 0 bridgehead atoms. The van der Waals surface area contributed by atoms with Gasteiger partial charge in [0.25, 0.3) is 0 Å². The summed E-state index contributed by atoms with van der Waals surface area (Å²) in [5, 5.41) is 19.1. The molecule has 0 atom stereocenters. The van der Waals surface area contributed by atoms with Gasteiger partial charge < -0.3 is 14.9 Å². The van der Waals surface area contributed by atoms with Crippen molar-refractivity contribution in [1.29, 1.82) is 0 Å². The van der Waals surface area contributed by atoms with E-state index in [0.29, 0.717) is 13.2 Å². The van der Waals surface area contributed by atoms with E-state index in [1.165, 1.54) is 59.7 Å². The Bertz CT molecular complexity index is 1130. The van der Waals surface area contributed by atoms with E-state index in [1.807, 2.05) is 36.4 Å². The summed E-state index contributed by atoms with van der Waals surface area (Å²) in [6, 6.07) is 31.7. The van der Waals surface area contributed by atoms with Crippen molar-refractivity contribution in [2.75, 3.05) is 0 Å². The van der Waals surface area contributed by atoms with Gasteiger partial charge in [-0.15, -0.1) is 0 Å². The fraction of sp³-hybridized carbons (Fsp3) is 0.0769. The molecule has 6 heteroatoms. The zero-order chi connectivity index (χ0) is 22.8. The number of hydrogen-bond acceptors (Lipinski definition) is 5. The van der Waals surface area contributed by atoms with E-state index in [9.17, 15) is 18.6 Å². The molecule has 0 saturated heterocycles. The number of phenols is 2. The number of phenolic OH excluding ortho intramolecular Hbond substituents is 2. The van der Waals surface area contributed by atoms with Gasteiger partial charge in [0.15, 0.2) is 0 Å². The highest BCUT2D eigenvalue weighted by molar-refractivity contribution is 7.91. The molecule has 0 fully saturated rings. The normalized spacial score (nSPS) is 10.8. The third-order valence-electron chi connectivity index (χ3n) is 4.53. The summed E-state index contributed by atoms with van der Waals surface area (Å²) < 4.78 is 29.9. The average molecular weight is 449 g/mol. The molecule has 5 nitrogen and oxygen atoms in total. The maximum Gasteiger partial charge on any atom is 0.213 e. The molecule has 4 aromatic carbocycles. The Kier molecular flexibility index (Phi) is 8.02. The maximum absolute atomic E-state index is 12.2. The largest absolute Gasteiger partial charge is 0.507 e. The first-order valence-electron chi connectivity index (χ1n) is 9.95. The lowest BCUT2D eigenvalue weighted by Gasteiger charge is -2.07. The van der Waals surface area contributed by atoms with Gasteiger partial charge in [-0.25, -0.2) is 8.42 Å². The molecule has 0 aromatic heterocycles. The van der Waals surface area contributed by atoms with Gasteiger partial charge in [0, 0.05) is 0 Å². The molecule has 2 N–H and O–H groups in total. The van der Waals surface area contributed by atoms with E-state index in [-0.39, 0.29) is 21.3 Å². The number of sulfone groups is 1. The van der Waals surface area contributed by atoms with Crippen molar-refractivity contribution in [2.45, 2.75) is 23.0 Å². The molecule has 0 aliphatic carbocycles. The number of para-hydroxylation sites is 2. The minimum Gasteiger partial charge on any atom is -0.507 e.